The van der Waals surface area contributed by atoms with Gasteiger partial charge < -0.3 is 18.6 Å². The molecule has 4 rings (SSSR count). The third-order valence-corrected chi connectivity index (χ3v) is 10.9. The molecule has 0 aliphatic carbocycles. The van der Waals surface area contributed by atoms with Crippen LogP contribution in [0.1, 0.15) is 128 Å². The summed E-state index contributed by atoms with van der Waals surface area (Å²) in [5.74, 6) is 2.13. The summed E-state index contributed by atoms with van der Waals surface area (Å²) in [5.41, 5.74) is 2.19. The summed E-state index contributed by atoms with van der Waals surface area (Å²) in [7, 11) is -8.97. The third-order valence-electron chi connectivity index (χ3n) is 9.19. The molecular formula is C44H58CaO8S2. The van der Waals surface area contributed by atoms with Crippen molar-refractivity contribution < 1.29 is 35.4 Å². The van der Waals surface area contributed by atoms with Crippen LogP contribution in [-0.4, -0.2) is 63.7 Å². The topological polar surface area (TPSA) is 133 Å². The van der Waals surface area contributed by atoms with E-state index in [0.29, 0.717) is 23.0 Å². The summed E-state index contributed by atoms with van der Waals surface area (Å²) in [6.07, 6.45) is 22.1. The Labute approximate surface area is 361 Å². The van der Waals surface area contributed by atoms with Gasteiger partial charge in [0.05, 0.1) is 9.79 Å². The summed E-state index contributed by atoms with van der Waals surface area (Å²) in [5, 5.41) is 0. The van der Waals surface area contributed by atoms with E-state index >= 15 is 0 Å². The maximum absolute atomic E-state index is 11.2. The standard InChI is InChI=1S/2C22H30O4S.Ca/c2*1-2-3-4-5-6-7-8-9-13-19-14-10-11-17-22(19)26-20-15-12-16-21(18-20)27(23,24)25;/h2*10-12,14-18H,2-9,13H2,1H3,(H,23,24,25);/q;;+2/p-2. The Morgan fingerprint density at radius 2 is 0.764 bits per heavy atom. The zero-order chi connectivity index (χ0) is 39.1. The molecular weight excluding hydrogens is 761 g/mol. The molecule has 0 N–H and O–H groups in total. The maximum Gasteiger partial charge on any atom is 2.00 e. The largest absolute Gasteiger partial charge is 2.00 e. The van der Waals surface area contributed by atoms with E-state index in [4.69, 9.17) is 9.47 Å². The predicted molar refractivity (Wildman–Crippen MR) is 220 cm³/mol. The number of benzene rings is 4. The van der Waals surface area contributed by atoms with E-state index in [1.165, 1.54) is 126 Å². The van der Waals surface area contributed by atoms with Gasteiger partial charge in [-0.2, -0.15) is 0 Å². The number of unbranched alkanes of at least 4 members (excludes halogenated alkanes) is 14. The summed E-state index contributed by atoms with van der Waals surface area (Å²) in [6.45, 7) is 4.46. The van der Waals surface area contributed by atoms with Gasteiger partial charge in [0.2, 0.25) is 0 Å². The third kappa shape index (κ3) is 20.0. The zero-order valence-electron chi connectivity index (χ0n) is 32.8. The first kappa shape index (κ1) is 48.7. The van der Waals surface area contributed by atoms with Crippen LogP contribution < -0.4 is 9.47 Å². The summed E-state index contributed by atoms with van der Waals surface area (Å²) >= 11 is 0. The summed E-state index contributed by atoms with van der Waals surface area (Å²) in [6, 6.07) is 27.0. The van der Waals surface area contributed by atoms with Crippen LogP contribution in [0.25, 0.3) is 0 Å². The SMILES string of the molecule is CCCCCCCCCCc1ccccc1Oc1cccc(S(=O)(=O)[O-])c1.CCCCCCCCCCc1ccccc1Oc1cccc(S(=O)(=O)[O-])c1.[Ca+2]. The molecule has 296 valence electrons. The molecule has 0 aliphatic heterocycles. The first-order valence-electron chi connectivity index (χ1n) is 19.6. The van der Waals surface area contributed by atoms with Gasteiger partial charge in [-0.25, -0.2) is 16.8 Å². The van der Waals surface area contributed by atoms with Gasteiger partial charge in [0.1, 0.15) is 43.2 Å². The number of hydrogen-bond donors (Lipinski definition) is 0. The van der Waals surface area contributed by atoms with Crippen molar-refractivity contribution in [3.63, 3.8) is 0 Å². The number of hydrogen-bond acceptors (Lipinski definition) is 8. The Kier molecular flexibility index (Phi) is 24.1. The second-order valence-corrected chi connectivity index (χ2v) is 16.5. The average Bonchev–Trinajstić information content (AvgIpc) is 3.15. The first-order valence-corrected chi connectivity index (χ1v) is 22.5. The molecule has 4 aromatic rings. The Morgan fingerprint density at radius 1 is 0.436 bits per heavy atom. The summed E-state index contributed by atoms with van der Waals surface area (Å²) in [4.78, 5) is -0.555. The second-order valence-electron chi connectivity index (χ2n) is 13.7. The van der Waals surface area contributed by atoms with Gasteiger partial charge in [0.15, 0.2) is 0 Å². The van der Waals surface area contributed by atoms with Crippen molar-refractivity contribution in [1.82, 2.24) is 0 Å². The van der Waals surface area contributed by atoms with Crippen molar-refractivity contribution in [3.05, 3.63) is 108 Å². The molecule has 55 heavy (non-hydrogen) atoms. The molecule has 0 atom stereocenters. The fraction of sp³-hybridized carbons (Fsp3) is 0.455. The van der Waals surface area contributed by atoms with Crippen molar-refractivity contribution in [1.29, 1.82) is 0 Å². The van der Waals surface area contributed by atoms with Crippen LogP contribution in [0, 0.1) is 0 Å². The molecule has 0 heterocycles. The molecule has 4 aromatic carbocycles. The second kappa shape index (κ2) is 27.2. The normalized spacial score (nSPS) is 11.3. The monoisotopic (exact) mass is 818 g/mol. The fourth-order valence-electron chi connectivity index (χ4n) is 6.16. The van der Waals surface area contributed by atoms with Crippen LogP contribution in [0.5, 0.6) is 23.0 Å². The van der Waals surface area contributed by atoms with Crippen LogP contribution in [-0.2, 0) is 33.1 Å². The van der Waals surface area contributed by atoms with Crippen LogP contribution in [0.15, 0.2) is 107 Å². The van der Waals surface area contributed by atoms with Crippen molar-refractivity contribution in [2.45, 2.75) is 139 Å². The minimum Gasteiger partial charge on any atom is -0.744 e. The smallest absolute Gasteiger partial charge is 0.744 e. The van der Waals surface area contributed by atoms with Gasteiger partial charge in [-0.3, -0.25) is 0 Å². The molecule has 0 unspecified atom stereocenters. The van der Waals surface area contributed by atoms with E-state index in [2.05, 4.69) is 13.8 Å². The number of rotatable bonds is 24. The Bertz CT molecular complexity index is 1740. The van der Waals surface area contributed by atoms with Crippen molar-refractivity contribution in [2.75, 3.05) is 0 Å². The van der Waals surface area contributed by atoms with Gasteiger partial charge >= 0.3 is 37.7 Å². The van der Waals surface area contributed by atoms with Crippen molar-refractivity contribution in [2.24, 2.45) is 0 Å². The minimum absolute atomic E-state index is 0. The Morgan fingerprint density at radius 3 is 1.11 bits per heavy atom. The Balaban J connectivity index is 0.000000373. The number of aryl methyl sites for hydroxylation is 2. The van der Waals surface area contributed by atoms with Gasteiger partial charge in [-0.05, 0) is 85.3 Å². The van der Waals surface area contributed by atoms with Gasteiger partial charge in [0.25, 0.3) is 0 Å². The van der Waals surface area contributed by atoms with E-state index in [-0.39, 0.29) is 47.5 Å². The van der Waals surface area contributed by atoms with Crippen LogP contribution in [0.4, 0.5) is 0 Å². The molecule has 0 radical (unpaired) electrons. The van der Waals surface area contributed by atoms with E-state index in [1.54, 1.807) is 12.1 Å². The number of para-hydroxylation sites is 2. The molecule has 0 aliphatic rings. The van der Waals surface area contributed by atoms with Gasteiger partial charge in [-0.1, -0.05) is 152 Å². The Hall–Kier alpha value is -2.44. The van der Waals surface area contributed by atoms with E-state index in [1.807, 2.05) is 48.5 Å². The molecule has 8 nitrogen and oxygen atoms in total. The predicted octanol–water partition coefficient (Wildman–Crippen LogP) is 11.8. The molecule has 11 heteroatoms. The van der Waals surface area contributed by atoms with Crippen LogP contribution in [0.2, 0.25) is 0 Å². The van der Waals surface area contributed by atoms with E-state index < -0.39 is 20.2 Å². The molecule has 0 amide bonds. The molecule has 0 saturated carbocycles. The zero-order valence-corrected chi connectivity index (χ0v) is 36.6. The molecule has 0 bridgehead atoms. The van der Waals surface area contributed by atoms with Gasteiger partial charge in [0, 0.05) is 0 Å². The molecule has 0 spiro atoms. The minimum atomic E-state index is -4.49. The fourth-order valence-corrected chi connectivity index (χ4v) is 7.17. The van der Waals surface area contributed by atoms with Crippen molar-refractivity contribution >= 4 is 58.0 Å². The first-order chi connectivity index (χ1) is 26.0. The van der Waals surface area contributed by atoms with E-state index in [9.17, 15) is 25.9 Å². The van der Waals surface area contributed by atoms with Crippen LogP contribution >= 0.6 is 0 Å². The number of ether oxygens (including phenoxy) is 2. The molecule has 0 saturated heterocycles. The molecule has 0 fully saturated rings. The van der Waals surface area contributed by atoms with Gasteiger partial charge in [-0.15, -0.1) is 0 Å². The van der Waals surface area contributed by atoms with E-state index in [0.717, 1.165) is 36.8 Å². The quantitative estimate of drug-likeness (QED) is 0.0388. The summed E-state index contributed by atoms with van der Waals surface area (Å²) < 4.78 is 78.8. The van der Waals surface area contributed by atoms with Crippen LogP contribution in [0.3, 0.4) is 0 Å². The van der Waals surface area contributed by atoms with Crippen molar-refractivity contribution in [3.8, 4) is 23.0 Å². The average molecular weight is 819 g/mol. The maximum atomic E-state index is 11.2. The molecule has 0 aromatic heterocycles.